The molecule has 0 aliphatic rings. The summed E-state index contributed by atoms with van der Waals surface area (Å²) in [5.74, 6) is -0.306. The largest absolute Gasteiger partial charge is 0.370 e. The number of nitrogens with one attached hydrogen (secondary N) is 1. The fourth-order valence-electron chi connectivity index (χ4n) is 1.49. The van der Waals surface area contributed by atoms with Crippen LogP contribution in [0, 0.1) is 0 Å². The minimum Gasteiger partial charge on any atom is -0.370 e. The predicted molar refractivity (Wildman–Crippen MR) is 73.9 cm³/mol. The minimum atomic E-state index is -0.308. The quantitative estimate of drug-likeness (QED) is 0.877. The maximum atomic E-state index is 10.9. The summed E-state index contributed by atoms with van der Waals surface area (Å²) in [7, 11) is 0. The van der Waals surface area contributed by atoms with Crippen LogP contribution in [-0.4, -0.2) is 11.4 Å². The normalized spacial score (nSPS) is 11.5. The van der Waals surface area contributed by atoms with Gasteiger partial charge in [-0.25, -0.2) is 0 Å². The zero-order valence-corrected chi connectivity index (χ0v) is 12.2. The molecule has 0 saturated carbocycles. The van der Waals surface area contributed by atoms with Crippen molar-refractivity contribution in [1.29, 1.82) is 0 Å². The van der Waals surface area contributed by atoms with Gasteiger partial charge in [-0.05, 0) is 47.5 Å². The predicted octanol–water partition coefficient (Wildman–Crippen LogP) is 2.85. The number of halogens is 2. The van der Waals surface area contributed by atoms with Gasteiger partial charge in [0.15, 0.2) is 0 Å². The summed E-state index contributed by atoms with van der Waals surface area (Å²) >= 11 is 9.28. The molecule has 1 rings (SSSR count). The average molecular weight is 320 g/mol. The number of hydrogen-bond acceptors (Lipinski definition) is 2. The van der Waals surface area contributed by atoms with Crippen molar-refractivity contribution in [2.24, 2.45) is 5.73 Å². The fourth-order valence-corrected chi connectivity index (χ4v) is 2.03. The lowest BCUT2D eigenvalue weighted by Gasteiger charge is -2.25. The molecule has 17 heavy (non-hydrogen) atoms. The van der Waals surface area contributed by atoms with Crippen LogP contribution in [0.1, 0.15) is 25.8 Å². The summed E-state index contributed by atoms with van der Waals surface area (Å²) in [6.45, 7) is 4.56. The second-order valence-corrected chi connectivity index (χ2v) is 5.89. The molecule has 94 valence electrons. The molecule has 0 unspecified atom stereocenters. The van der Waals surface area contributed by atoms with Gasteiger partial charge in [0.1, 0.15) is 0 Å². The summed E-state index contributed by atoms with van der Waals surface area (Å²) < 4.78 is 0.867. The van der Waals surface area contributed by atoms with Crippen molar-refractivity contribution in [1.82, 2.24) is 5.32 Å². The van der Waals surface area contributed by atoms with Gasteiger partial charge in [0.2, 0.25) is 5.91 Å². The van der Waals surface area contributed by atoms with Gasteiger partial charge in [-0.15, -0.1) is 0 Å². The van der Waals surface area contributed by atoms with Crippen LogP contribution in [0.3, 0.4) is 0 Å². The molecule has 1 amide bonds. The summed E-state index contributed by atoms with van der Waals surface area (Å²) in [6, 6.07) is 5.74. The molecule has 0 bridgehead atoms. The molecular formula is C12H16BrClN2O. The van der Waals surface area contributed by atoms with Crippen LogP contribution in [0.4, 0.5) is 0 Å². The Labute approximate surface area is 115 Å². The highest BCUT2D eigenvalue weighted by molar-refractivity contribution is 9.10. The third kappa shape index (κ3) is 5.06. The lowest BCUT2D eigenvalue weighted by molar-refractivity contribution is -0.119. The molecule has 5 heteroatoms. The Hall–Kier alpha value is -0.580. The van der Waals surface area contributed by atoms with E-state index in [2.05, 4.69) is 21.2 Å². The van der Waals surface area contributed by atoms with E-state index >= 15 is 0 Å². The number of nitrogens with two attached hydrogens (primary N) is 1. The van der Waals surface area contributed by atoms with Gasteiger partial charge < -0.3 is 11.1 Å². The van der Waals surface area contributed by atoms with E-state index in [1.54, 1.807) is 0 Å². The first-order valence-corrected chi connectivity index (χ1v) is 6.44. The van der Waals surface area contributed by atoms with E-state index in [4.69, 9.17) is 17.3 Å². The maximum absolute atomic E-state index is 10.9. The van der Waals surface area contributed by atoms with Crippen molar-refractivity contribution in [3.05, 3.63) is 33.3 Å². The molecule has 3 N–H and O–H groups in total. The monoisotopic (exact) mass is 318 g/mol. The van der Waals surface area contributed by atoms with Crippen molar-refractivity contribution in [3.8, 4) is 0 Å². The van der Waals surface area contributed by atoms with Crippen LogP contribution < -0.4 is 11.1 Å². The second kappa shape index (κ2) is 5.85. The Balaban J connectivity index is 2.60. The highest BCUT2D eigenvalue weighted by atomic mass is 79.9. The molecule has 0 aliphatic heterocycles. The summed E-state index contributed by atoms with van der Waals surface area (Å²) in [5.41, 5.74) is 5.98. The fraction of sp³-hybridized carbons (Fsp3) is 0.417. The second-order valence-electron chi connectivity index (χ2n) is 4.63. The van der Waals surface area contributed by atoms with Crippen LogP contribution in [0.15, 0.2) is 22.7 Å². The zero-order valence-electron chi connectivity index (χ0n) is 9.89. The minimum absolute atomic E-state index is 0.306. The Morgan fingerprint density at radius 2 is 2.18 bits per heavy atom. The Bertz CT molecular complexity index is 421. The molecule has 0 saturated heterocycles. The Morgan fingerprint density at radius 1 is 1.53 bits per heavy atom. The van der Waals surface area contributed by atoms with Crippen LogP contribution in [-0.2, 0) is 11.3 Å². The first-order chi connectivity index (χ1) is 7.80. The number of rotatable bonds is 5. The topological polar surface area (TPSA) is 55.1 Å². The lowest BCUT2D eigenvalue weighted by Crippen LogP contribution is -2.42. The van der Waals surface area contributed by atoms with E-state index < -0.39 is 0 Å². The first-order valence-electron chi connectivity index (χ1n) is 5.27. The molecular weight excluding hydrogens is 304 g/mol. The molecule has 1 aromatic rings. The molecule has 0 aliphatic carbocycles. The number of primary amides is 1. The van der Waals surface area contributed by atoms with E-state index in [1.807, 2.05) is 32.0 Å². The lowest BCUT2D eigenvalue weighted by atomic mass is 10.00. The molecule has 0 heterocycles. The van der Waals surface area contributed by atoms with Gasteiger partial charge in [-0.2, -0.15) is 0 Å². The zero-order chi connectivity index (χ0) is 13.1. The average Bonchev–Trinajstić information content (AvgIpc) is 2.18. The first kappa shape index (κ1) is 14.5. The molecule has 0 fully saturated rings. The summed E-state index contributed by atoms with van der Waals surface area (Å²) in [5, 5.41) is 3.97. The van der Waals surface area contributed by atoms with E-state index in [1.165, 1.54) is 0 Å². The van der Waals surface area contributed by atoms with Crippen molar-refractivity contribution in [2.75, 3.05) is 0 Å². The van der Waals surface area contributed by atoms with Crippen LogP contribution in [0.25, 0.3) is 0 Å². The van der Waals surface area contributed by atoms with Gasteiger partial charge in [-0.3, -0.25) is 4.79 Å². The van der Waals surface area contributed by atoms with Crippen molar-refractivity contribution in [3.63, 3.8) is 0 Å². The highest BCUT2D eigenvalue weighted by Gasteiger charge is 2.19. The van der Waals surface area contributed by atoms with Gasteiger partial charge in [0.25, 0.3) is 0 Å². The van der Waals surface area contributed by atoms with Crippen LogP contribution >= 0.6 is 27.5 Å². The Morgan fingerprint density at radius 3 is 2.71 bits per heavy atom. The molecule has 3 nitrogen and oxygen atoms in total. The van der Waals surface area contributed by atoms with Gasteiger partial charge in [-0.1, -0.05) is 17.7 Å². The Kier molecular flexibility index (Phi) is 4.98. The van der Waals surface area contributed by atoms with Crippen LogP contribution in [0.2, 0.25) is 5.02 Å². The molecule has 0 atom stereocenters. The van der Waals surface area contributed by atoms with Crippen molar-refractivity contribution in [2.45, 2.75) is 32.4 Å². The number of carbonyl (C=O) groups excluding carboxylic acids is 1. The number of carbonyl (C=O) groups is 1. The SMILES string of the molecule is CC(C)(CC(N)=O)NCc1ccc(Cl)c(Br)c1. The summed E-state index contributed by atoms with van der Waals surface area (Å²) in [4.78, 5) is 10.9. The van der Waals surface area contributed by atoms with Crippen molar-refractivity contribution < 1.29 is 4.79 Å². The van der Waals surface area contributed by atoms with Gasteiger partial charge >= 0.3 is 0 Å². The molecule has 0 radical (unpaired) electrons. The van der Waals surface area contributed by atoms with Gasteiger partial charge in [0.05, 0.1) is 5.02 Å². The maximum Gasteiger partial charge on any atom is 0.219 e. The van der Waals surface area contributed by atoms with E-state index in [9.17, 15) is 4.79 Å². The van der Waals surface area contributed by atoms with Crippen molar-refractivity contribution >= 4 is 33.4 Å². The third-order valence-corrected chi connectivity index (χ3v) is 3.59. The highest BCUT2D eigenvalue weighted by Crippen LogP contribution is 2.23. The van der Waals surface area contributed by atoms with E-state index in [-0.39, 0.29) is 11.4 Å². The number of hydrogen-bond donors (Lipinski definition) is 2. The molecule has 1 aromatic carbocycles. The standard InChI is InChI=1S/C12H16BrClN2O/c1-12(2,6-11(15)17)16-7-8-3-4-10(14)9(13)5-8/h3-5,16H,6-7H2,1-2H3,(H2,15,17). The van der Waals surface area contributed by atoms with Crippen LogP contribution in [0.5, 0.6) is 0 Å². The smallest absolute Gasteiger partial charge is 0.219 e. The van der Waals surface area contributed by atoms with E-state index in [0.717, 1.165) is 10.0 Å². The molecule has 0 spiro atoms. The molecule has 0 aromatic heterocycles. The number of benzene rings is 1. The van der Waals surface area contributed by atoms with E-state index in [0.29, 0.717) is 18.0 Å². The summed E-state index contributed by atoms with van der Waals surface area (Å²) in [6.07, 6.45) is 0.307. The number of amides is 1. The van der Waals surface area contributed by atoms with Gasteiger partial charge in [0, 0.05) is 23.0 Å². The third-order valence-electron chi connectivity index (χ3n) is 2.37.